The van der Waals surface area contributed by atoms with E-state index in [-0.39, 0.29) is 5.92 Å². The Kier molecular flexibility index (Phi) is 5.12. The van der Waals surface area contributed by atoms with Gasteiger partial charge in [-0.1, -0.05) is 6.42 Å². The van der Waals surface area contributed by atoms with Crippen molar-refractivity contribution in [3.05, 3.63) is 0 Å². The molecule has 0 aliphatic heterocycles. The van der Waals surface area contributed by atoms with Gasteiger partial charge in [-0.2, -0.15) is 13.2 Å². The molecule has 0 amide bonds. The molecule has 0 saturated heterocycles. The van der Waals surface area contributed by atoms with Gasteiger partial charge in [0.15, 0.2) is 0 Å². The minimum atomic E-state index is -4.00. The van der Waals surface area contributed by atoms with Crippen molar-refractivity contribution in [1.29, 1.82) is 0 Å². The molecule has 2 aliphatic carbocycles. The summed E-state index contributed by atoms with van der Waals surface area (Å²) in [6.07, 6.45) is 0.800. The SMILES string of the molecule is CC(CNC1CC1)NCC1CCCC(C(F)(F)F)C1. The minimum absolute atomic E-state index is 0.184. The molecular weight excluding hydrogens is 253 g/mol. The molecule has 2 N–H and O–H groups in total. The first-order chi connectivity index (χ1) is 8.95. The van der Waals surface area contributed by atoms with Gasteiger partial charge in [-0.15, -0.1) is 0 Å². The van der Waals surface area contributed by atoms with Crippen LogP contribution in [0.1, 0.15) is 45.4 Å². The lowest BCUT2D eigenvalue weighted by Crippen LogP contribution is -2.41. The van der Waals surface area contributed by atoms with E-state index in [0.29, 0.717) is 31.3 Å². The largest absolute Gasteiger partial charge is 0.391 e. The summed E-state index contributed by atoms with van der Waals surface area (Å²) in [4.78, 5) is 0. The van der Waals surface area contributed by atoms with Gasteiger partial charge in [0.1, 0.15) is 0 Å². The van der Waals surface area contributed by atoms with Crippen LogP contribution in [0.15, 0.2) is 0 Å². The van der Waals surface area contributed by atoms with Gasteiger partial charge in [0.05, 0.1) is 5.92 Å². The highest BCUT2D eigenvalue weighted by Crippen LogP contribution is 2.39. The monoisotopic (exact) mass is 278 g/mol. The molecular formula is C14H25F3N2. The fourth-order valence-electron chi connectivity index (χ4n) is 2.84. The second kappa shape index (κ2) is 6.44. The number of rotatable bonds is 6. The Balaban J connectivity index is 1.64. The lowest BCUT2D eigenvalue weighted by atomic mass is 9.81. The molecule has 0 radical (unpaired) electrons. The quantitative estimate of drug-likeness (QED) is 0.780. The van der Waals surface area contributed by atoms with Crippen molar-refractivity contribution in [3.8, 4) is 0 Å². The molecule has 0 aromatic heterocycles. The van der Waals surface area contributed by atoms with E-state index >= 15 is 0 Å². The van der Waals surface area contributed by atoms with E-state index < -0.39 is 12.1 Å². The minimum Gasteiger partial charge on any atom is -0.313 e. The number of hydrogen-bond donors (Lipinski definition) is 2. The van der Waals surface area contributed by atoms with Crippen LogP contribution in [-0.2, 0) is 0 Å². The van der Waals surface area contributed by atoms with Crippen LogP contribution < -0.4 is 10.6 Å². The second-order valence-electron chi connectivity index (χ2n) is 6.26. The molecule has 0 heterocycles. The third-order valence-electron chi connectivity index (χ3n) is 4.29. The number of nitrogens with one attached hydrogen (secondary N) is 2. The fourth-order valence-corrected chi connectivity index (χ4v) is 2.84. The summed E-state index contributed by atoms with van der Waals surface area (Å²) in [6.45, 7) is 3.74. The molecule has 2 nitrogen and oxygen atoms in total. The van der Waals surface area contributed by atoms with Gasteiger partial charge in [0.2, 0.25) is 0 Å². The van der Waals surface area contributed by atoms with Gasteiger partial charge >= 0.3 is 6.18 Å². The Labute approximate surface area is 113 Å². The van der Waals surface area contributed by atoms with Crippen LogP contribution in [0.3, 0.4) is 0 Å². The predicted octanol–water partition coefficient (Wildman–Crippen LogP) is 3.09. The Morgan fingerprint density at radius 2 is 1.89 bits per heavy atom. The van der Waals surface area contributed by atoms with Gasteiger partial charge in [-0.25, -0.2) is 0 Å². The maximum atomic E-state index is 12.7. The summed E-state index contributed by atoms with van der Waals surface area (Å²) in [6, 6.07) is 1.03. The number of halogens is 3. The van der Waals surface area contributed by atoms with E-state index in [1.54, 1.807) is 0 Å². The van der Waals surface area contributed by atoms with Crippen LogP contribution in [0.25, 0.3) is 0 Å². The zero-order valence-corrected chi connectivity index (χ0v) is 11.6. The Hall–Kier alpha value is -0.290. The van der Waals surface area contributed by atoms with Crippen molar-refractivity contribution >= 4 is 0 Å². The third-order valence-corrected chi connectivity index (χ3v) is 4.29. The van der Waals surface area contributed by atoms with E-state index in [0.717, 1.165) is 19.5 Å². The first kappa shape index (κ1) is 15.1. The zero-order chi connectivity index (χ0) is 13.9. The Morgan fingerprint density at radius 3 is 2.53 bits per heavy atom. The average Bonchev–Trinajstić information content (AvgIpc) is 3.17. The van der Waals surface area contributed by atoms with Gasteiger partial charge < -0.3 is 10.6 Å². The molecule has 112 valence electrons. The van der Waals surface area contributed by atoms with Crippen molar-refractivity contribution in [3.63, 3.8) is 0 Å². The van der Waals surface area contributed by atoms with Crippen LogP contribution >= 0.6 is 0 Å². The van der Waals surface area contributed by atoms with Crippen molar-refractivity contribution in [2.24, 2.45) is 11.8 Å². The van der Waals surface area contributed by atoms with Crippen molar-refractivity contribution < 1.29 is 13.2 Å². The molecule has 19 heavy (non-hydrogen) atoms. The molecule has 0 bridgehead atoms. The third kappa shape index (κ3) is 5.30. The Bertz CT molecular complexity index is 276. The maximum absolute atomic E-state index is 12.7. The molecule has 2 rings (SSSR count). The van der Waals surface area contributed by atoms with Crippen molar-refractivity contribution in [2.75, 3.05) is 13.1 Å². The second-order valence-corrected chi connectivity index (χ2v) is 6.26. The average molecular weight is 278 g/mol. The summed E-state index contributed by atoms with van der Waals surface area (Å²) in [7, 11) is 0. The molecule has 2 fully saturated rings. The van der Waals surface area contributed by atoms with E-state index in [2.05, 4.69) is 17.6 Å². The zero-order valence-electron chi connectivity index (χ0n) is 11.6. The standard InChI is InChI=1S/C14H25F3N2/c1-10(8-19-13-5-6-13)18-9-11-3-2-4-12(7-11)14(15,16)17/h10-13,18-19H,2-9H2,1H3. The normalized spacial score (nSPS) is 30.3. The molecule has 3 atom stereocenters. The summed E-state index contributed by atoms with van der Waals surface area (Å²) in [5.41, 5.74) is 0. The first-order valence-corrected chi connectivity index (χ1v) is 7.48. The molecule has 0 aromatic carbocycles. The van der Waals surface area contributed by atoms with E-state index in [1.807, 2.05) is 0 Å². The van der Waals surface area contributed by atoms with Gasteiger partial charge in [0, 0.05) is 18.6 Å². The topological polar surface area (TPSA) is 24.1 Å². The van der Waals surface area contributed by atoms with Crippen molar-refractivity contribution in [1.82, 2.24) is 10.6 Å². The number of alkyl halides is 3. The van der Waals surface area contributed by atoms with Gasteiger partial charge in [0.25, 0.3) is 0 Å². The fraction of sp³-hybridized carbons (Fsp3) is 1.00. The van der Waals surface area contributed by atoms with E-state index in [9.17, 15) is 13.2 Å². The predicted molar refractivity (Wildman–Crippen MR) is 70.0 cm³/mol. The smallest absolute Gasteiger partial charge is 0.313 e. The highest BCUT2D eigenvalue weighted by Gasteiger charge is 2.41. The highest BCUT2D eigenvalue weighted by molar-refractivity contribution is 4.83. The summed E-state index contributed by atoms with van der Waals surface area (Å²) >= 11 is 0. The van der Waals surface area contributed by atoms with E-state index in [1.165, 1.54) is 12.8 Å². The van der Waals surface area contributed by atoms with Gasteiger partial charge in [-0.05, 0) is 51.5 Å². The van der Waals surface area contributed by atoms with Gasteiger partial charge in [-0.3, -0.25) is 0 Å². The molecule has 0 spiro atoms. The van der Waals surface area contributed by atoms with Crippen LogP contribution in [0.5, 0.6) is 0 Å². The highest BCUT2D eigenvalue weighted by atomic mass is 19.4. The molecule has 3 unspecified atom stereocenters. The van der Waals surface area contributed by atoms with E-state index in [4.69, 9.17) is 0 Å². The van der Waals surface area contributed by atoms with Crippen LogP contribution in [-0.4, -0.2) is 31.3 Å². The van der Waals surface area contributed by atoms with Crippen LogP contribution in [0, 0.1) is 11.8 Å². The van der Waals surface area contributed by atoms with Crippen LogP contribution in [0.2, 0.25) is 0 Å². The molecule has 2 saturated carbocycles. The maximum Gasteiger partial charge on any atom is 0.391 e. The Morgan fingerprint density at radius 1 is 1.16 bits per heavy atom. The summed E-state index contributed by atoms with van der Waals surface area (Å²) in [5, 5.41) is 6.81. The summed E-state index contributed by atoms with van der Waals surface area (Å²) in [5.74, 6) is -0.892. The summed E-state index contributed by atoms with van der Waals surface area (Å²) < 4.78 is 38.1. The lowest BCUT2D eigenvalue weighted by molar-refractivity contribution is -0.185. The van der Waals surface area contributed by atoms with Crippen LogP contribution in [0.4, 0.5) is 13.2 Å². The lowest BCUT2D eigenvalue weighted by Gasteiger charge is -2.31. The van der Waals surface area contributed by atoms with Crippen molar-refractivity contribution in [2.45, 2.75) is 63.7 Å². The molecule has 5 heteroatoms. The molecule has 2 aliphatic rings. The number of hydrogen-bond acceptors (Lipinski definition) is 2. The first-order valence-electron chi connectivity index (χ1n) is 7.48. The molecule has 0 aromatic rings.